The van der Waals surface area contributed by atoms with Crippen LogP contribution < -0.4 is 10.6 Å². The summed E-state index contributed by atoms with van der Waals surface area (Å²) in [5.74, 6) is 0.881. The molecule has 3 rings (SSSR count). The predicted octanol–water partition coefficient (Wildman–Crippen LogP) is 4.37. The Morgan fingerprint density at radius 2 is 1.91 bits per heavy atom. The SMILES string of the molecule is O=C(NCCc1ccc(-c2ccco2)s1)Nc1ccccc1. The van der Waals surface area contributed by atoms with Crippen LogP contribution in [0.2, 0.25) is 0 Å². The Kier molecular flexibility index (Phi) is 4.56. The first-order valence-corrected chi connectivity index (χ1v) is 7.85. The number of carbonyl (C=O) groups excluding carboxylic acids is 1. The van der Waals surface area contributed by atoms with Gasteiger partial charge in [0.05, 0.1) is 11.1 Å². The summed E-state index contributed by atoms with van der Waals surface area (Å²) >= 11 is 1.68. The van der Waals surface area contributed by atoms with E-state index in [1.165, 1.54) is 4.88 Å². The summed E-state index contributed by atoms with van der Waals surface area (Å²) < 4.78 is 5.37. The monoisotopic (exact) mass is 312 g/mol. The molecule has 0 radical (unpaired) electrons. The Balaban J connectivity index is 1.46. The van der Waals surface area contributed by atoms with Crippen molar-refractivity contribution in [3.05, 3.63) is 65.7 Å². The number of rotatable bonds is 5. The van der Waals surface area contributed by atoms with Crippen LogP contribution in [0, 0.1) is 0 Å². The molecule has 0 aliphatic rings. The number of hydrogen-bond donors (Lipinski definition) is 2. The maximum atomic E-state index is 11.8. The largest absolute Gasteiger partial charge is 0.464 e. The molecule has 2 amide bonds. The number of furan rings is 1. The number of carbonyl (C=O) groups is 1. The minimum atomic E-state index is -0.186. The van der Waals surface area contributed by atoms with Crippen LogP contribution in [0.15, 0.2) is 65.3 Å². The fourth-order valence-electron chi connectivity index (χ4n) is 2.06. The van der Waals surface area contributed by atoms with E-state index >= 15 is 0 Å². The van der Waals surface area contributed by atoms with Crippen LogP contribution in [-0.2, 0) is 6.42 Å². The zero-order valence-corrected chi connectivity index (χ0v) is 12.7. The van der Waals surface area contributed by atoms with Crippen molar-refractivity contribution in [1.82, 2.24) is 5.32 Å². The summed E-state index contributed by atoms with van der Waals surface area (Å²) in [6.07, 6.45) is 2.47. The summed E-state index contributed by atoms with van der Waals surface area (Å²) in [5.41, 5.74) is 0.788. The van der Waals surface area contributed by atoms with Crippen molar-refractivity contribution in [3.63, 3.8) is 0 Å². The molecule has 0 unspecified atom stereocenters. The van der Waals surface area contributed by atoms with E-state index in [1.54, 1.807) is 17.6 Å². The van der Waals surface area contributed by atoms with Gasteiger partial charge in [0, 0.05) is 17.1 Å². The average Bonchev–Trinajstić information content (AvgIpc) is 3.19. The van der Waals surface area contributed by atoms with Crippen LogP contribution in [0.4, 0.5) is 10.5 Å². The highest BCUT2D eigenvalue weighted by molar-refractivity contribution is 7.15. The summed E-state index contributed by atoms with van der Waals surface area (Å²) in [7, 11) is 0. The molecule has 4 nitrogen and oxygen atoms in total. The molecule has 0 aliphatic heterocycles. The molecule has 0 fully saturated rings. The van der Waals surface area contributed by atoms with Crippen molar-refractivity contribution in [3.8, 4) is 10.6 Å². The lowest BCUT2D eigenvalue weighted by Gasteiger charge is -2.06. The van der Waals surface area contributed by atoms with Gasteiger partial charge in [-0.2, -0.15) is 0 Å². The summed E-state index contributed by atoms with van der Waals surface area (Å²) in [6.45, 7) is 0.594. The number of benzene rings is 1. The van der Waals surface area contributed by atoms with E-state index in [2.05, 4.69) is 16.7 Å². The van der Waals surface area contributed by atoms with Gasteiger partial charge in [-0.1, -0.05) is 18.2 Å². The Labute approximate surface area is 132 Å². The standard InChI is InChI=1S/C17H16N2O2S/c20-17(19-13-5-2-1-3-6-13)18-11-10-14-8-9-16(22-14)15-7-4-12-21-15/h1-9,12H,10-11H2,(H2,18,19,20). The van der Waals surface area contributed by atoms with Crippen LogP contribution in [0.25, 0.3) is 10.6 Å². The second-order valence-electron chi connectivity index (χ2n) is 4.74. The van der Waals surface area contributed by atoms with E-state index in [1.807, 2.05) is 48.5 Å². The van der Waals surface area contributed by atoms with Crippen molar-refractivity contribution in [2.75, 3.05) is 11.9 Å². The minimum Gasteiger partial charge on any atom is -0.464 e. The highest BCUT2D eigenvalue weighted by atomic mass is 32.1. The molecule has 22 heavy (non-hydrogen) atoms. The van der Waals surface area contributed by atoms with Gasteiger partial charge in [0.1, 0.15) is 5.76 Å². The third-order valence-corrected chi connectivity index (χ3v) is 4.27. The van der Waals surface area contributed by atoms with E-state index in [0.717, 1.165) is 22.7 Å². The van der Waals surface area contributed by atoms with E-state index in [-0.39, 0.29) is 6.03 Å². The molecule has 0 aliphatic carbocycles. The molecule has 2 aromatic heterocycles. The van der Waals surface area contributed by atoms with E-state index in [0.29, 0.717) is 6.54 Å². The van der Waals surface area contributed by atoms with Gasteiger partial charge in [-0.25, -0.2) is 4.79 Å². The third kappa shape index (κ3) is 3.77. The fourth-order valence-corrected chi connectivity index (χ4v) is 3.03. The number of anilines is 1. The second kappa shape index (κ2) is 6.95. The summed E-state index contributed by atoms with van der Waals surface area (Å²) in [6, 6.07) is 17.1. The first-order chi connectivity index (χ1) is 10.8. The van der Waals surface area contributed by atoms with Gasteiger partial charge in [-0.05, 0) is 42.8 Å². The van der Waals surface area contributed by atoms with Crippen LogP contribution in [-0.4, -0.2) is 12.6 Å². The topological polar surface area (TPSA) is 54.3 Å². The van der Waals surface area contributed by atoms with Crippen molar-refractivity contribution in [2.45, 2.75) is 6.42 Å². The maximum absolute atomic E-state index is 11.8. The number of nitrogens with one attached hydrogen (secondary N) is 2. The predicted molar refractivity (Wildman–Crippen MR) is 89.2 cm³/mol. The van der Waals surface area contributed by atoms with Gasteiger partial charge in [0.15, 0.2) is 0 Å². The van der Waals surface area contributed by atoms with Crippen LogP contribution in [0.1, 0.15) is 4.88 Å². The zero-order chi connectivity index (χ0) is 15.2. The molecule has 0 spiro atoms. The molecule has 2 N–H and O–H groups in total. The lowest BCUT2D eigenvalue weighted by atomic mass is 10.3. The molecule has 0 saturated heterocycles. The molecule has 1 aromatic carbocycles. The molecular formula is C17H16N2O2S. The van der Waals surface area contributed by atoms with Gasteiger partial charge in [0.25, 0.3) is 0 Å². The average molecular weight is 312 g/mol. The first-order valence-electron chi connectivity index (χ1n) is 7.04. The Bertz CT molecular complexity index is 720. The van der Waals surface area contributed by atoms with Crippen molar-refractivity contribution in [2.24, 2.45) is 0 Å². The molecule has 3 aromatic rings. The minimum absolute atomic E-state index is 0.186. The highest BCUT2D eigenvalue weighted by Gasteiger charge is 2.06. The zero-order valence-electron chi connectivity index (χ0n) is 11.9. The summed E-state index contributed by atoms with van der Waals surface area (Å²) in [4.78, 5) is 14.1. The number of para-hydroxylation sites is 1. The Morgan fingerprint density at radius 3 is 2.68 bits per heavy atom. The lowest BCUT2D eigenvalue weighted by molar-refractivity contribution is 0.252. The number of hydrogen-bond acceptors (Lipinski definition) is 3. The summed E-state index contributed by atoms with van der Waals surface area (Å²) in [5, 5.41) is 5.65. The third-order valence-electron chi connectivity index (χ3n) is 3.11. The smallest absolute Gasteiger partial charge is 0.319 e. The quantitative estimate of drug-likeness (QED) is 0.735. The van der Waals surface area contributed by atoms with Gasteiger partial charge >= 0.3 is 6.03 Å². The van der Waals surface area contributed by atoms with Gasteiger partial charge in [-0.15, -0.1) is 11.3 Å². The maximum Gasteiger partial charge on any atom is 0.319 e. The molecule has 0 atom stereocenters. The lowest BCUT2D eigenvalue weighted by Crippen LogP contribution is -2.30. The second-order valence-corrected chi connectivity index (χ2v) is 5.91. The van der Waals surface area contributed by atoms with E-state index in [4.69, 9.17) is 4.42 Å². The van der Waals surface area contributed by atoms with Crippen LogP contribution >= 0.6 is 11.3 Å². The van der Waals surface area contributed by atoms with Crippen molar-refractivity contribution in [1.29, 1.82) is 0 Å². The molecule has 2 heterocycles. The normalized spacial score (nSPS) is 10.4. The van der Waals surface area contributed by atoms with Crippen LogP contribution in [0.3, 0.4) is 0 Å². The molecular weight excluding hydrogens is 296 g/mol. The van der Waals surface area contributed by atoms with Gasteiger partial charge < -0.3 is 15.1 Å². The van der Waals surface area contributed by atoms with Crippen molar-refractivity contribution < 1.29 is 9.21 Å². The first kappa shape index (κ1) is 14.4. The molecule has 112 valence electrons. The number of thiophene rings is 1. The Morgan fingerprint density at radius 1 is 1.05 bits per heavy atom. The van der Waals surface area contributed by atoms with Crippen molar-refractivity contribution >= 4 is 23.1 Å². The Hall–Kier alpha value is -2.53. The van der Waals surface area contributed by atoms with E-state index < -0.39 is 0 Å². The fraction of sp³-hybridized carbons (Fsp3) is 0.118. The van der Waals surface area contributed by atoms with Crippen LogP contribution in [0.5, 0.6) is 0 Å². The number of urea groups is 1. The van der Waals surface area contributed by atoms with Gasteiger partial charge in [0.2, 0.25) is 0 Å². The van der Waals surface area contributed by atoms with E-state index in [9.17, 15) is 4.79 Å². The molecule has 5 heteroatoms. The molecule has 0 saturated carbocycles. The number of amides is 2. The highest BCUT2D eigenvalue weighted by Crippen LogP contribution is 2.28. The molecule has 0 bridgehead atoms. The van der Waals surface area contributed by atoms with Gasteiger partial charge in [-0.3, -0.25) is 0 Å².